The van der Waals surface area contributed by atoms with Crippen molar-refractivity contribution in [2.45, 2.75) is 18.9 Å². The number of piperidine rings is 1. The molecule has 3 aliphatic rings. The SMILES string of the molecule is Fc1ccc(-c2ccc(NC3C4CN(CC5CCOCC5)CC43)nn2)c(F)c1. The molecule has 1 aromatic carbocycles. The van der Waals surface area contributed by atoms with Gasteiger partial charge in [-0.25, -0.2) is 8.78 Å². The third kappa shape index (κ3) is 3.61. The number of ether oxygens (including phenoxy) is 1. The Morgan fingerprint density at radius 2 is 1.82 bits per heavy atom. The first-order valence-electron chi connectivity index (χ1n) is 10.0. The molecular weight excluding hydrogens is 362 g/mol. The van der Waals surface area contributed by atoms with Gasteiger partial charge < -0.3 is 15.0 Å². The van der Waals surface area contributed by atoms with Gasteiger partial charge in [0.2, 0.25) is 0 Å². The molecule has 3 heterocycles. The van der Waals surface area contributed by atoms with E-state index in [0.29, 0.717) is 29.4 Å². The molecule has 1 aromatic heterocycles. The van der Waals surface area contributed by atoms with Gasteiger partial charge in [-0.15, -0.1) is 10.2 Å². The summed E-state index contributed by atoms with van der Waals surface area (Å²) in [7, 11) is 0. The number of hydrogen-bond acceptors (Lipinski definition) is 5. The number of anilines is 1. The van der Waals surface area contributed by atoms with Crippen molar-refractivity contribution in [2.75, 3.05) is 38.2 Å². The highest BCUT2D eigenvalue weighted by molar-refractivity contribution is 5.60. The maximum absolute atomic E-state index is 13.9. The van der Waals surface area contributed by atoms with E-state index >= 15 is 0 Å². The van der Waals surface area contributed by atoms with Gasteiger partial charge in [0.15, 0.2) is 0 Å². The van der Waals surface area contributed by atoms with Gasteiger partial charge in [-0.1, -0.05) is 0 Å². The molecule has 3 fully saturated rings. The van der Waals surface area contributed by atoms with E-state index in [0.717, 1.165) is 38.3 Å². The molecule has 28 heavy (non-hydrogen) atoms. The Bertz CT molecular complexity index is 829. The number of halogens is 2. The minimum atomic E-state index is -0.628. The zero-order chi connectivity index (χ0) is 19.1. The molecule has 0 bridgehead atoms. The predicted molar refractivity (Wildman–Crippen MR) is 102 cm³/mol. The first-order chi connectivity index (χ1) is 13.7. The van der Waals surface area contributed by atoms with Crippen LogP contribution in [0.4, 0.5) is 14.6 Å². The van der Waals surface area contributed by atoms with Crippen molar-refractivity contribution < 1.29 is 13.5 Å². The minimum absolute atomic E-state index is 0.257. The van der Waals surface area contributed by atoms with Crippen molar-refractivity contribution in [1.29, 1.82) is 0 Å². The molecule has 2 unspecified atom stereocenters. The van der Waals surface area contributed by atoms with Crippen LogP contribution in [0.5, 0.6) is 0 Å². The van der Waals surface area contributed by atoms with Crippen LogP contribution in [0.2, 0.25) is 0 Å². The molecule has 5 nitrogen and oxygen atoms in total. The molecule has 2 aromatic rings. The largest absolute Gasteiger partial charge is 0.381 e. The number of benzene rings is 1. The van der Waals surface area contributed by atoms with Gasteiger partial charge in [-0.2, -0.15) is 0 Å². The molecule has 1 aliphatic carbocycles. The van der Waals surface area contributed by atoms with Gasteiger partial charge in [-0.3, -0.25) is 0 Å². The fourth-order valence-electron chi connectivity index (χ4n) is 4.69. The van der Waals surface area contributed by atoms with E-state index in [2.05, 4.69) is 20.4 Å². The van der Waals surface area contributed by atoms with Crippen LogP contribution in [-0.4, -0.2) is 54.0 Å². The predicted octanol–water partition coefficient (Wildman–Crippen LogP) is 3.19. The van der Waals surface area contributed by atoms with Crippen LogP contribution in [0.3, 0.4) is 0 Å². The average molecular weight is 386 g/mol. The van der Waals surface area contributed by atoms with Crippen molar-refractivity contribution >= 4 is 5.82 Å². The number of nitrogens with one attached hydrogen (secondary N) is 1. The van der Waals surface area contributed by atoms with Crippen LogP contribution in [-0.2, 0) is 4.74 Å². The van der Waals surface area contributed by atoms with Crippen LogP contribution in [0.15, 0.2) is 30.3 Å². The summed E-state index contributed by atoms with van der Waals surface area (Å²) in [6.45, 7) is 5.30. The summed E-state index contributed by atoms with van der Waals surface area (Å²) in [6, 6.07) is 7.47. The Hall–Kier alpha value is -2.12. The summed E-state index contributed by atoms with van der Waals surface area (Å²) in [5, 5.41) is 11.8. The molecule has 148 valence electrons. The number of aromatic nitrogens is 2. The lowest BCUT2D eigenvalue weighted by Crippen LogP contribution is -2.34. The minimum Gasteiger partial charge on any atom is -0.381 e. The average Bonchev–Trinajstić information content (AvgIpc) is 3.14. The standard InChI is InChI=1S/C21H24F2N4O/c22-14-1-2-15(18(23)9-14)19-3-4-20(26-25-19)24-21-16-11-27(12-17(16)21)10-13-5-7-28-8-6-13/h1-4,9,13,16-17,21H,5-8,10-12H2,(H,24,26). The second-order valence-electron chi connectivity index (χ2n) is 8.20. The van der Waals surface area contributed by atoms with Gasteiger partial charge in [0, 0.05) is 50.5 Å². The van der Waals surface area contributed by atoms with E-state index in [-0.39, 0.29) is 5.56 Å². The summed E-state index contributed by atoms with van der Waals surface area (Å²) < 4.78 is 32.4. The van der Waals surface area contributed by atoms with E-state index in [1.54, 1.807) is 6.07 Å². The number of hydrogen-bond donors (Lipinski definition) is 1. The zero-order valence-corrected chi connectivity index (χ0v) is 15.7. The molecule has 2 aliphatic heterocycles. The molecule has 7 heteroatoms. The molecule has 1 saturated carbocycles. The lowest BCUT2D eigenvalue weighted by molar-refractivity contribution is 0.0540. The van der Waals surface area contributed by atoms with E-state index in [9.17, 15) is 8.78 Å². The fourth-order valence-corrected chi connectivity index (χ4v) is 4.69. The molecule has 0 radical (unpaired) electrons. The molecule has 0 spiro atoms. The van der Waals surface area contributed by atoms with Crippen molar-refractivity contribution in [1.82, 2.24) is 15.1 Å². The number of nitrogens with zero attached hydrogens (tertiary/aromatic N) is 3. The normalized spacial score (nSPS) is 27.6. The highest BCUT2D eigenvalue weighted by Crippen LogP contribution is 2.47. The quantitative estimate of drug-likeness (QED) is 0.855. The Balaban J connectivity index is 1.14. The summed E-state index contributed by atoms with van der Waals surface area (Å²) in [6.07, 6.45) is 2.37. The molecule has 5 rings (SSSR count). The molecule has 1 N–H and O–H groups in total. The highest BCUT2D eigenvalue weighted by Gasteiger charge is 2.55. The molecule has 0 amide bonds. The lowest BCUT2D eigenvalue weighted by Gasteiger charge is -2.28. The molecule has 2 atom stereocenters. The van der Waals surface area contributed by atoms with Gasteiger partial charge in [0.25, 0.3) is 0 Å². The lowest BCUT2D eigenvalue weighted by atomic mass is 10.00. The maximum atomic E-state index is 13.9. The second kappa shape index (κ2) is 7.37. The van der Waals surface area contributed by atoms with Gasteiger partial charge in [0.1, 0.15) is 17.5 Å². The van der Waals surface area contributed by atoms with Crippen LogP contribution in [0.1, 0.15) is 12.8 Å². The maximum Gasteiger partial charge on any atom is 0.148 e. The Kier molecular flexibility index (Phi) is 4.72. The van der Waals surface area contributed by atoms with Crippen LogP contribution < -0.4 is 5.32 Å². The first kappa shape index (κ1) is 17.9. The Morgan fingerprint density at radius 3 is 2.50 bits per heavy atom. The van der Waals surface area contributed by atoms with Crippen molar-refractivity contribution in [2.24, 2.45) is 17.8 Å². The van der Waals surface area contributed by atoms with Crippen LogP contribution >= 0.6 is 0 Å². The van der Waals surface area contributed by atoms with Crippen molar-refractivity contribution in [3.05, 3.63) is 42.0 Å². The number of rotatable bonds is 5. The first-order valence-corrected chi connectivity index (χ1v) is 10.0. The topological polar surface area (TPSA) is 50.3 Å². The Morgan fingerprint density at radius 1 is 1.04 bits per heavy atom. The fraction of sp³-hybridized carbons (Fsp3) is 0.524. The zero-order valence-electron chi connectivity index (χ0n) is 15.7. The van der Waals surface area contributed by atoms with E-state index in [1.807, 2.05) is 6.07 Å². The third-order valence-corrected chi connectivity index (χ3v) is 6.31. The van der Waals surface area contributed by atoms with E-state index in [4.69, 9.17) is 4.74 Å². The summed E-state index contributed by atoms with van der Waals surface area (Å²) in [5.74, 6) is 1.62. The monoisotopic (exact) mass is 386 g/mol. The summed E-state index contributed by atoms with van der Waals surface area (Å²) in [4.78, 5) is 2.59. The smallest absolute Gasteiger partial charge is 0.148 e. The Labute approximate surface area is 163 Å². The van der Waals surface area contributed by atoms with Crippen LogP contribution in [0.25, 0.3) is 11.3 Å². The molecular formula is C21H24F2N4O. The number of fused-ring (bicyclic) bond motifs is 1. The highest BCUT2D eigenvalue weighted by atomic mass is 19.1. The number of likely N-dealkylation sites (tertiary alicyclic amines) is 1. The van der Waals surface area contributed by atoms with Gasteiger partial charge in [-0.05, 0) is 54.9 Å². The molecule has 2 saturated heterocycles. The van der Waals surface area contributed by atoms with Crippen LogP contribution in [0, 0.1) is 29.4 Å². The second-order valence-corrected chi connectivity index (χ2v) is 8.20. The summed E-state index contributed by atoms with van der Waals surface area (Å²) >= 11 is 0. The van der Waals surface area contributed by atoms with Crippen molar-refractivity contribution in [3.63, 3.8) is 0 Å². The van der Waals surface area contributed by atoms with E-state index in [1.165, 1.54) is 31.5 Å². The van der Waals surface area contributed by atoms with Gasteiger partial charge in [0.05, 0.1) is 5.69 Å². The van der Waals surface area contributed by atoms with Crippen molar-refractivity contribution in [3.8, 4) is 11.3 Å². The third-order valence-electron chi connectivity index (χ3n) is 6.31. The summed E-state index contributed by atoms with van der Waals surface area (Å²) in [5.41, 5.74) is 0.661. The van der Waals surface area contributed by atoms with Gasteiger partial charge >= 0.3 is 0 Å². The van der Waals surface area contributed by atoms with E-state index < -0.39 is 11.6 Å².